The zero-order valence-electron chi connectivity index (χ0n) is 12.6. The number of aromatic nitrogens is 1. The van der Waals surface area contributed by atoms with E-state index in [-0.39, 0.29) is 5.54 Å². The second-order valence-electron chi connectivity index (χ2n) is 5.64. The Morgan fingerprint density at radius 2 is 2.11 bits per heavy atom. The molecule has 1 aromatic heterocycles. The van der Waals surface area contributed by atoms with Gasteiger partial charge in [-0.1, -0.05) is 6.92 Å². The molecular formula is C14H27N3S. The van der Waals surface area contributed by atoms with Gasteiger partial charge in [0.15, 0.2) is 0 Å². The van der Waals surface area contributed by atoms with E-state index in [9.17, 15) is 0 Å². The molecule has 18 heavy (non-hydrogen) atoms. The topological polar surface area (TPSA) is 28.2 Å². The maximum absolute atomic E-state index is 4.59. The van der Waals surface area contributed by atoms with Crippen molar-refractivity contribution in [3.05, 3.63) is 16.1 Å². The van der Waals surface area contributed by atoms with Crippen LogP contribution in [0.25, 0.3) is 0 Å². The van der Waals surface area contributed by atoms with Crippen molar-refractivity contribution in [2.45, 2.75) is 52.1 Å². The Morgan fingerprint density at radius 3 is 2.56 bits per heavy atom. The Morgan fingerprint density at radius 1 is 1.44 bits per heavy atom. The average Bonchev–Trinajstić information content (AvgIpc) is 2.69. The zero-order chi connectivity index (χ0) is 13.8. The first kappa shape index (κ1) is 15.6. The van der Waals surface area contributed by atoms with Gasteiger partial charge < -0.3 is 10.2 Å². The van der Waals surface area contributed by atoms with Gasteiger partial charge in [0.2, 0.25) is 0 Å². The summed E-state index contributed by atoms with van der Waals surface area (Å²) in [6, 6.07) is 0.429. The van der Waals surface area contributed by atoms with Crippen molar-refractivity contribution >= 4 is 11.3 Å². The van der Waals surface area contributed by atoms with Gasteiger partial charge in [0, 0.05) is 29.1 Å². The summed E-state index contributed by atoms with van der Waals surface area (Å²) in [7, 11) is 4.29. The van der Waals surface area contributed by atoms with Crippen molar-refractivity contribution < 1.29 is 0 Å². The fraction of sp³-hybridized carbons (Fsp3) is 0.786. The van der Waals surface area contributed by atoms with Crippen LogP contribution in [0.4, 0.5) is 0 Å². The molecule has 0 aromatic carbocycles. The summed E-state index contributed by atoms with van der Waals surface area (Å²) < 4.78 is 0. The molecule has 0 aliphatic carbocycles. The van der Waals surface area contributed by atoms with Crippen LogP contribution in [0.1, 0.15) is 37.9 Å². The van der Waals surface area contributed by atoms with Crippen LogP contribution in [0.2, 0.25) is 0 Å². The van der Waals surface area contributed by atoms with Crippen LogP contribution in [0, 0.1) is 6.92 Å². The highest BCUT2D eigenvalue weighted by Gasteiger charge is 2.31. The summed E-state index contributed by atoms with van der Waals surface area (Å²) in [5.41, 5.74) is 1.25. The molecule has 0 aliphatic heterocycles. The first-order chi connectivity index (χ1) is 8.37. The molecule has 1 unspecified atom stereocenters. The molecule has 1 rings (SSSR count). The van der Waals surface area contributed by atoms with Crippen LogP contribution < -0.4 is 5.32 Å². The highest BCUT2D eigenvalue weighted by molar-refractivity contribution is 7.09. The van der Waals surface area contributed by atoms with E-state index in [4.69, 9.17) is 0 Å². The van der Waals surface area contributed by atoms with Crippen LogP contribution in [-0.2, 0) is 6.42 Å². The quantitative estimate of drug-likeness (QED) is 0.825. The summed E-state index contributed by atoms with van der Waals surface area (Å²) in [4.78, 5) is 6.88. The van der Waals surface area contributed by atoms with Crippen LogP contribution in [0.3, 0.4) is 0 Å². The fourth-order valence-corrected chi connectivity index (χ4v) is 2.69. The minimum absolute atomic E-state index is 0.120. The van der Waals surface area contributed by atoms with Crippen LogP contribution in [0.15, 0.2) is 5.38 Å². The van der Waals surface area contributed by atoms with Gasteiger partial charge in [-0.3, -0.25) is 0 Å². The number of nitrogens with one attached hydrogen (secondary N) is 1. The summed E-state index contributed by atoms with van der Waals surface area (Å²) in [5, 5.41) is 7.04. The number of likely N-dealkylation sites (N-methyl/N-ethyl adjacent to an activating group) is 1. The third-order valence-electron chi connectivity index (χ3n) is 3.69. The van der Waals surface area contributed by atoms with E-state index < -0.39 is 0 Å². The Hall–Kier alpha value is -0.450. The molecule has 4 heteroatoms. The van der Waals surface area contributed by atoms with E-state index in [1.165, 1.54) is 5.01 Å². The van der Waals surface area contributed by atoms with Crippen molar-refractivity contribution in [1.29, 1.82) is 0 Å². The average molecular weight is 269 g/mol. The van der Waals surface area contributed by atoms with Gasteiger partial charge in [0.05, 0.1) is 5.01 Å². The van der Waals surface area contributed by atoms with Gasteiger partial charge in [-0.25, -0.2) is 4.98 Å². The van der Waals surface area contributed by atoms with Gasteiger partial charge in [0.25, 0.3) is 0 Å². The van der Waals surface area contributed by atoms with Crippen molar-refractivity contribution in [3.8, 4) is 0 Å². The minimum atomic E-state index is 0.120. The Bertz CT molecular complexity index is 358. The summed E-state index contributed by atoms with van der Waals surface area (Å²) >= 11 is 1.77. The molecule has 1 aromatic rings. The lowest BCUT2D eigenvalue weighted by atomic mass is 9.90. The number of aryl methyl sites for hydroxylation is 1. The van der Waals surface area contributed by atoms with E-state index >= 15 is 0 Å². The van der Waals surface area contributed by atoms with Gasteiger partial charge in [-0.15, -0.1) is 11.3 Å². The van der Waals surface area contributed by atoms with Crippen molar-refractivity contribution in [2.75, 3.05) is 20.6 Å². The predicted octanol–water partition coefficient (Wildman–Crippen LogP) is 2.70. The number of thiazole rings is 1. The predicted molar refractivity (Wildman–Crippen MR) is 80.4 cm³/mol. The second-order valence-corrected chi connectivity index (χ2v) is 6.58. The van der Waals surface area contributed by atoms with Gasteiger partial charge in [-0.05, 0) is 47.8 Å². The van der Waals surface area contributed by atoms with E-state index in [0.717, 1.165) is 25.1 Å². The molecule has 0 aliphatic rings. The fourth-order valence-electron chi connectivity index (χ4n) is 1.87. The van der Waals surface area contributed by atoms with Crippen molar-refractivity contribution in [2.24, 2.45) is 0 Å². The van der Waals surface area contributed by atoms with E-state index in [1.807, 2.05) is 0 Å². The first-order valence-corrected chi connectivity index (χ1v) is 7.57. The number of hydrogen-bond donors (Lipinski definition) is 1. The van der Waals surface area contributed by atoms with Crippen LogP contribution >= 0.6 is 11.3 Å². The van der Waals surface area contributed by atoms with Gasteiger partial charge in [0.1, 0.15) is 0 Å². The molecular weight excluding hydrogens is 242 g/mol. The number of hydrogen-bond acceptors (Lipinski definition) is 4. The highest BCUT2D eigenvalue weighted by atomic mass is 32.1. The maximum Gasteiger partial charge on any atom is 0.0944 e. The molecule has 0 bridgehead atoms. The minimum Gasteiger partial charge on any atom is -0.312 e. The molecule has 0 spiro atoms. The molecule has 1 N–H and O–H groups in total. The van der Waals surface area contributed by atoms with Gasteiger partial charge in [-0.2, -0.15) is 0 Å². The van der Waals surface area contributed by atoms with Crippen LogP contribution in [-0.4, -0.2) is 42.1 Å². The number of nitrogens with zero attached hydrogens (tertiary/aromatic N) is 2. The smallest absolute Gasteiger partial charge is 0.0944 e. The van der Waals surface area contributed by atoms with E-state index in [2.05, 4.69) is 62.4 Å². The maximum atomic E-state index is 4.59. The zero-order valence-corrected chi connectivity index (χ0v) is 13.4. The highest BCUT2D eigenvalue weighted by Crippen LogP contribution is 2.21. The first-order valence-electron chi connectivity index (χ1n) is 6.69. The lowest BCUT2D eigenvalue weighted by Crippen LogP contribution is -2.56. The Balaban J connectivity index is 2.78. The standard InChI is InChI=1S/C14H27N3S/c1-7-8-15-12(14(3,4)17(5)6)9-13-16-11(2)10-18-13/h10,12,15H,7-9H2,1-6H3. The Kier molecular flexibility index (Phi) is 5.76. The third-order valence-corrected chi connectivity index (χ3v) is 4.68. The molecule has 0 radical (unpaired) electrons. The number of rotatable bonds is 7. The molecule has 0 amide bonds. The normalized spacial score (nSPS) is 14.2. The molecule has 1 heterocycles. The monoisotopic (exact) mass is 269 g/mol. The molecule has 0 saturated carbocycles. The van der Waals surface area contributed by atoms with Crippen molar-refractivity contribution in [1.82, 2.24) is 15.2 Å². The second kappa shape index (κ2) is 6.64. The largest absolute Gasteiger partial charge is 0.312 e. The van der Waals surface area contributed by atoms with E-state index in [0.29, 0.717) is 6.04 Å². The SMILES string of the molecule is CCCNC(Cc1nc(C)cs1)C(C)(C)N(C)C. The third kappa shape index (κ3) is 4.04. The summed E-state index contributed by atoms with van der Waals surface area (Å²) in [6.45, 7) is 9.92. The molecule has 0 saturated heterocycles. The summed E-state index contributed by atoms with van der Waals surface area (Å²) in [5.74, 6) is 0. The van der Waals surface area contributed by atoms with E-state index in [1.54, 1.807) is 11.3 Å². The molecule has 3 nitrogen and oxygen atoms in total. The molecule has 1 atom stereocenters. The van der Waals surface area contributed by atoms with Crippen LogP contribution in [0.5, 0.6) is 0 Å². The Labute approximate surface area is 116 Å². The van der Waals surface area contributed by atoms with Crippen molar-refractivity contribution in [3.63, 3.8) is 0 Å². The van der Waals surface area contributed by atoms with Gasteiger partial charge >= 0.3 is 0 Å². The lowest BCUT2D eigenvalue weighted by molar-refractivity contribution is 0.137. The molecule has 104 valence electrons. The lowest BCUT2D eigenvalue weighted by Gasteiger charge is -2.40. The summed E-state index contributed by atoms with van der Waals surface area (Å²) in [6.07, 6.45) is 2.17. The molecule has 0 fully saturated rings.